The van der Waals surface area contributed by atoms with Gasteiger partial charge in [-0.1, -0.05) is 221 Å². The van der Waals surface area contributed by atoms with E-state index in [1.807, 2.05) is 133 Å². The summed E-state index contributed by atoms with van der Waals surface area (Å²) in [6.07, 6.45) is 7.76. The minimum absolute atomic E-state index is 0. The average Bonchev–Trinajstić information content (AvgIpc) is 1.55. The van der Waals surface area contributed by atoms with Crippen LogP contribution >= 0.6 is 38.5 Å². The topological polar surface area (TPSA) is 127 Å². The van der Waals surface area contributed by atoms with E-state index in [2.05, 4.69) is 141 Å². The second-order valence-electron chi connectivity index (χ2n) is 26.8. The zero-order chi connectivity index (χ0) is 68.5. The quantitative estimate of drug-likeness (QED) is 0.0129. The van der Waals surface area contributed by atoms with Gasteiger partial charge >= 0.3 is 115 Å². The van der Waals surface area contributed by atoms with Gasteiger partial charge in [-0.15, -0.1) is 0 Å². The predicted octanol–water partition coefficient (Wildman–Crippen LogP) is 9.29. The van der Waals surface area contributed by atoms with Gasteiger partial charge in [0.25, 0.3) is 6.47 Å². The fraction of sp³-hybridized carbons (Fsp3) is 0.487. The van der Waals surface area contributed by atoms with Gasteiger partial charge in [-0.2, -0.15) is 42.1 Å². The number of piperidine rings is 3. The molecule has 12 rings (SSSR count). The number of quaternary nitrogens is 1. The van der Waals surface area contributed by atoms with E-state index in [4.69, 9.17) is 10.1 Å². The summed E-state index contributed by atoms with van der Waals surface area (Å²) < 4.78 is 74.0. The number of hydrogen-bond acceptors (Lipinski definition) is 8. The van der Waals surface area contributed by atoms with Crippen LogP contribution in [0.3, 0.4) is 0 Å². The summed E-state index contributed by atoms with van der Waals surface area (Å²) in [4.78, 5) is 16.4. The first-order chi connectivity index (χ1) is 45.7. The molecule has 0 radical (unpaired) electrons. The summed E-state index contributed by atoms with van der Waals surface area (Å²) in [6, 6.07) is 72.5. The van der Waals surface area contributed by atoms with E-state index in [-0.39, 0.29) is 146 Å². The molecule has 6 fully saturated rings. The summed E-state index contributed by atoms with van der Waals surface area (Å²) in [5.41, 5.74) is 5.16. The van der Waals surface area contributed by atoms with Gasteiger partial charge in [0.2, 0.25) is 0 Å². The van der Waals surface area contributed by atoms with Crippen LogP contribution in [-0.2, 0) is 20.5 Å². The van der Waals surface area contributed by atoms with E-state index in [9.17, 15) is 42.1 Å². The van der Waals surface area contributed by atoms with Crippen molar-refractivity contribution in [3.05, 3.63) is 215 Å². The molecule has 20 heteroatoms. The van der Waals surface area contributed by atoms with E-state index in [1.165, 1.54) is 55.8 Å². The van der Waals surface area contributed by atoms with Crippen molar-refractivity contribution >= 4 is 45.0 Å². The Bertz CT molecular complexity index is 3190. The van der Waals surface area contributed by atoms with Gasteiger partial charge in [0.15, 0.2) is 0 Å². The summed E-state index contributed by atoms with van der Waals surface area (Å²) >= 11 is 5.45. The Hall–Kier alpha value is -2.36. The average molecular weight is 1640 g/mol. The molecule has 0 spiro atoms. The van der Waals surface area contributed by atoms with Crippen LogP contribution in [0.2, 0.25) is 0 Å². The van der Waals surface area contributed by atoms with Crippen molar-refractivity contribution in [2.24, 2.45) is 17.8 Å². The first-order valence-electron chi connectivity index (χ1n) is 33.5. The molecule has 4 unspecified atom stereocenters. The number of benzene rings is 6. The van der Waals surface area contributed by atoms with E-state index in [0.717, 1.165) is 94.4 Å². The molecule has 6 heterocycles. The van der Waals surface area contributed by atoms with Crippen molar-refractivity contribution in [2.75, 3.05) is 37.4 Å². The molecule has 0 N–H and O–H groups in total. The smallest absolute Gasteiger partial charge is 1.00 e. The summed E-state index contributed by atoms with van der Waals surface area (Å²) in [5.74, 6) is 1.88. The molecule has 9 nitrogen and oxygen atoms in total. The van der Waals surface area contributed by atoms with Crippen LogP contribution in [0.15, 0.2) is 182 Å². The minimum Gasteiger partial charge on any atom is -1.00 e. The Balaban J connectivity index is 0.000000337. The third-order valence-corrected chi connectivity index (χ3v) is 22.9. The number of nitriles is 3. The Labute approximate surface area is 698 Å². The molecule has 0 saturated carbocycles. The fourth-order valence-corrected chi connectivity index (χ4v) is 17.2. The number of carbonyl (C=O) groups excluding carboxylic acids is 1. The molecule has 10 atom stereocenters. The maximum atomic E-state index is 12.7. The third-order valence-electron chi connectivity index (χ3n) is 21.1. The molecule has 0 aliphatic carbocycles. The monoisotopic (exact) mass is 1640 g/mol. The van der Waals surface area contributed by atoms with Crippen molar-refractivity contribution in [1.82, 2.24) is 9.80 Å². The van der Waals surface area contributed by atoms with Crippen molar-refractivity contribution in [3.8, 4) is 18.2 Å². The molecule has 6 aliphatic heterocycles. The number of hydrogen-bond donors (Lipinski definition) is 0. The molecular weight excluding hydrogens is 1550 g/mol. The number of fused-ring (bicyclic) bond motifs is 6. The molecular formula is C78H93Br2F6IK2N6O3. The van der Waals surface area contributed by atoms with Gasteiger partial charge in [0, 0.05) is 78.9 Å². The first kappa shape index (κ1) is 88.0. The molecule has 6 aromatic rings. The van der Waals surface area contributed by atoms with Crippen LogP contribution in [0.1, 0.15) is 156 Å². The molecule has 6 aliphatic rings. The normalized spacial score (nSPS) is 23.5. The first-order valence-corrected chi connectivity index (χ1v) is 36.1. The van der Waals surface area contributed by atoms with E-state index in [1.54, 1.807) is 0 Å². The predicted molar refractivity (Wildman–Crippen MR) is 375 cm³/mol. The van der Waals surface area contributed by atoms with Gasteiger partial charge in [-0.25, -0.2) is 0 Å². The van der Waals surface area contributed by atoms with Gasteiger partial charge in [-0.3, -0.25) is 4.79 Å². The van der Waals surface area contributed by atoms with Gasteiger partial charge < -0.3 is 42.8 Å². The Morgan fingerprint density at radius 3 is 1.11 bits per heavy atom. The zero-order valence-corrected chi connectivity index (χ0v) is 68.9. The molecule has 6 bridgehead atoms. The Morgan fingerprint density at radius 2 is 0.847 bits per heavy atom. The van der Waals surface area contributed by atoms with Gasteiger partial charge in [-0.05, 0) is 136 Å². The van der Waals surface area contributed by atoms with Gasteiger partial charge in [0.05, 0.1) is 49.8 Å². The molecule has 6 aromatic carbocycles. The molecule has 6 saturated heterocycles. The van der Waals surface area contributed by atoms with Crippen molar-refractivity contribution < 1.29 is 167 Å². The summed E-state index contributed by atoms with van der Waals surface area (Å²) in [7, 11) is 6.76. The third kappa shape index (κ3) is 25.2. The van der Waals surface area contributed by atoms with Crippen LogP contribution in [-0.4, -0.2) is 107 Å². The minimum atomic E-state index is -4.08. The van der Waals surface area contributed by atoms with Crippen molar-refractivity contribution in [2.45, 2.75) is 181 Å². The maximum absolute atomic E-state index is 12.7. The van der Waals surface area contributed by atoms with Crippen LogP contribution in [0, 0.1) is 51.7 Å². The van der Waals surface area contributed by atoms with Crippen molar-refractivity contribution in [3.63, 3.8) is 0 Å². The number of alkyl halides is 8. The number of nitrogens with zero attached hydrogens (tertiary/aromatic N) is 6. The Morgan fingerprint density at radius 1 is 0.551 bits per heavy atom. The van der Waals surface area contributed by atoms with Crippen LogP contribution < -0.4 is 125 Å². The molecule has 518 valence electrons. The summed E-state index contributed by atoms with van der Waals surface area (Å²) in [6.45, 7) is 0.419. The van der Waals surface area contributed by atoms with E-state index >= 15 is 0 Å². The Kier molecular flexibility index (Phi) is 39.4. The molecule has 98 heavy (non-hydrogen) atoms. The van der Waals surface area contributed by atoms with Crippen LogP contribution in [0.4, 0.5) is 26.3 Å². The number of rotatable bonds is 17. The van der Waals surface area contributed by atoms with Crippen LogP contribution in [0.25, 0.3) is 0 Å². The summed E-state index contributed by atoms with van der Waals surface area (Å²) in [5, 5.41) is 38.9. The van der Waals surface area contributed by atoms with E-state index < -0.39 is 36.0 Å². The zero-order valence-electron chi connectivity index (χ0n) is 58.3. The van der Waals surface area contributed by atoms with Gasteiger partial charge in [0.1, 0.15) is 10.8 Å². The van der Waals surface area contributed by atoms with Crippen LogP contribution in [0.5, 0.6) is 0 Å². The standard InChI is InChI=1S/C27H32F3N2.C23H26N2.C14H11N.C9H16IN.C4H6BrF3.CH2O3.BrH.2K.H/c1-32(16-8-15-27(28,29)30)24-13-14-25(32)18-21(17-24)19-26(20-31,22-9-4-2-5-10-22)23-11-6-3-7-12-23;1-25-21-12-13-22(25)15-18(14-21)16-23(17-24,19-8-4-2-5-9-19)20-10-6-3-7-11-20;15-11-14(12-7-3-1-4-8-12)13-9-5-2-6-10-13;1-11-8-2-3-9(11)5-7(4-8)6-10;5-3-1-2-4(6,7)8;2-1-4-3;;;;/h2-7,9-12,21,24-25H,8,13-19H2,1H3;2-11,18,21-22H,12-16H2,1H3;1-10,14H;7-9H,2-6H2,1H3;1-3H2;1,3H;1H;;;/q+1;;;;;;;2*+1;-1/p-2/t21?,24-,25+,32?;18?,21-,22+;;7?,8-,9+;;;;;;. The second-order valence-corrected chi connectivity index (χ2v) is 28.5. The second kappa shape index (κ2) is 43.8. The molecule has 0 aromatic heterocycles. The fourth-order valence-electron chi connectivity index (χ4n) is 16.2. The van der Waals surface area contributed by atoms with Crippen molar-refractivity contribution in [1.29, 1.82) is 15.8 Å². The SMILES string of the molecule is CN1[C@@H]2CC[C@H]1CC(CC(C#N)(c1ccccc1)c1ccccc1)C2.CN1[C@@H]2CC[C@H]1CC(CI)C2.C[N+]1(CCCC(F)(F)F)[C@@H]2CC[C@H]1CC(CC(C#N)(c1ccccc1)c1ccccc1)C2.FC(F)(F)CCCBr.N#CC(c1ccccc1)c1ccccc1.O=CO[O-].[Br-].[H-].[K+].[K+]. The molecule has 0 amide bonds. The number of halogens is 9. The van der Waals surface area contributed by atoms with E-state index in [0.29, 0.717) is 47.9 Å². The number of carbonyl (C=O) groups is 1. The largest absolute Gasteiger partial charge is 1.00 e. The maximum Gasteiger partial charge on any atom is 1.00 e.